The summed E-state index contributed by atoms with van der Waals surface area (Å²) in [5.41, 5.74) is 0.257. The van der Waals surface area contributed by atoms with E-state index < -0.39 is 6.10 Å². The van der Waals surface area contributed by atoms with E-state index in [1.807, 2.05) is 0 Å². The number of carbonyl (C=O) groups excluding carboxylic acids is 2. The Hall–Kier alpha value is -2.19. The molecule has 0 radical (unpaired) electrons. The molecule has 0 aromatic carbocycles. The Balaban J connectivity index is 1.60. The van der Waals surface area contributed by atoms with Crippen LogP contribution in [0.5, 0.6) is 0 Å². The van der Waals surface area contributed by atoms with E-state index in [1.54, 1.807) is 11.9 Å². The number of aromatic nitrogens is 1. The highest BCUT2D eigenvalue weighted by Crippen LogP contribution is 2.31. The first-order valence-electron chi connectivity index (χ1n) is 10.4. The molecular weight excluding hydrogens is 372 g/mol. The first-order chi connectivity index (χ1) is 13.8. The normalized spacial score (nSPS) is 21.8. The van der Waals surface area contributed by atoms with Crippen molar-refractivity contribution in [3.8, 4) is 0 Å². The van der Waals surface area contributed by atoms with Crippen molar-refractivity contribution < 1.29 is 14.3 Å². The largest absolute Gasteiger partial charge is 0.365 e. The molecule has 29 heavy (non-hydrogen) atoms. The van der Waals surface area contributed by atoms with E-state index in [2.05, 4.69) is 24.3 Å². The average molecular weight is 405 g/mol. The monoisotopic (exact) mass is 404 g/mol. The van der Waals surface area contributed by atoms with Gasteiger partial charge in [-0.1, -0.05) is 19.3 Å². The van der Waals surface area contributed by atoms with E-state index in [0.29, 0.717) is 25.3 Å². The molecule has 1 unspecified atom stereocenters. The Morgan fingerprint density at radius 2 is 1.97 bits per heavy atom. The summed E-state index contributed by atoms with van der Waals surface area (Å²) in [6.45, 7) is 1.54. The molecule has 0 bridgehead atoms. The van der Waals surface area contributed by atoms with Crippen LogP contribution in [0.15, 0.2) is 23.1 Å². The van der Waals surface area contributed by atoms with Crippen LogP contribution in [-0.4, -0.2) is 78.2 Å². The van der Waals surface area contributed by atoms with Gasteiger partial charge in [0.25, 0.3) is 11.8 Å². The number of pyridine rings is 1. The highest BCUT2D eigenvalue weighted by molar-refractivity contribution is 5.94. The topological polar surface area (TPSA) is 83.9 Å². The SMILES string of the molecule is CN(C)C1(CNC(=O)C2CN(C(=O)c3ccc(=O)n(C)c3)CCO2)CCCCC1. The Kier molecular flexibility index (Phi) is 6.74. The Labute approximate surface area is 171 Å². The standard InChI is InChI=1S/C21H32N4O4/c1-23(2)21(9-5-4-6-10-21)15-22-19(27)17-14-25(11-12-29-17)20(28)16-7-8-18(26)24(3)13-16/h7-8,13,17H,4-6,9-12,14-15H2,1-3H3,(H,22,27). The first-order valence-corrected chi connectivity index (χ1v) is 10.4. The second-order valence-electron chi connectivity index (χ2n) is 8.37. The van der Waals surface area contributed by atoms with Crippen LogP contribution in [-0.2, 0) is 16.6 Å². The van der Waals surface area contributed by atoms with Gasteiger partial charge in [-0.25, -0.2) is 0 Å². The number of nitrogens with zero attached hydrogens (tertiary/aromatic N) is 3. The lowest BCUT2D eigenvalue weighted by atomic mass is 9.80. The summed E-state index contributed by atoms with van der Waals surface area (Å²) in [5, 5.41) is 3.07. The van der Waals surface area contributed by atoms with Gasteiger partial charge in [0.2, 0.25) is 5.56 Å². The number of hydrogen-bond acceptors (Lipinski definition) is 5. The highest BCUT2D eigenvalue weighted by Gasteiger charge is 2.36. The molecule has 1 aliphatic heterocycles. The predicted octanol–water partition coefficient (Wildman–Crippen LogP) is 0.607. The van der Waals surface area contributed by atoms with E-state index >= 15 is 0 Å². The van der Waals surface area contributed by atoms with E-state index in [1.165, 1.54) is 42.2 Å². The van der Waals surface area contributed by atoms with E-state index in [9.17, 15) is 14.4 Å². The van der Waals surface area contributed by atoms with Crippen molar-refractivity contribution in [2.24, 2.45) is 7.05 Å². The molecule has 1 aromatic heterocycles. The third kappa shape index (κ3) is 4.87. The summed E-state index contributed by atoms with van der Waals surface area (Å²) in [6.07, 6.45) is 6.59. The third-order valence-corrected chi connectivity index (χ3v) is 6.30. The van der Waals surface area contributed by atoms with E-state index in [-0.39, 0.29) is 29.5 Å². The number of ether oxygens (including phenoxy) is 1. The molecule has 2 fully saturated rings. The van der Waals surface area contributed by atoms with Gasteiger partial charge in [0.15, 0.2) is 6.10 Å². The summed E-state index contributed by atoms with van der Waals surface area (Å²) in [6, 6.07) is 2.90. The zero-order valence-corrected chi connectivity index (χ0v) is 17.6. The van der Waals surface area contributed by atoms with Crippen LogP contribution in [0.3, 0.4) is 0 Å². The fourth-order valence-corrected chi connectivity index (χ4v) is 4.25. The maximum Gasteiger partial charge on any atom is 0.255 e. The van der Waals surface area contributed by atoms with Gasteiger partial charge in [-0.3, -0.25) is 14.4 Å². The molecule has 0 spiro atoms. The zero-order valence-electron chi connectivity index (χ0n) is 17.6. The molecular formula is C21H32N4O4. The lowest BCUT2D eigenvalue weighted by Crippen LogP contribution is -2.57. The minimum atomic E-state index is -0.678. The maximum atomic E-state index is 12.8. The van der Waals surface area contributed by atoms with Gasteiger partial charge in [0.1, 0.15) is 0 Å². The summed E-state index contributed by atoms with van der Waals surface area (Å²) in [7, 11) is 5.75. The number of aryl methyl sites for hydroxylation is 1. The Morgan fingerprint density at radius 1 is 1.24 bits per heavy atom. The van der Waals surface area contributed by atoms with Crippen LogP contribution in [0.4, 0.5) is 0 Å². The Morgan fingerprint density at radius 3 is 2.62 bits per heavy atom. The summed E-state index contributed by atoms with van der Waals surface area (Å²) < 4.78 is 7.04. The van der Waals surface area contributed by atoms with Crippen molar-refractivity contribution in [1.82, 2.24) is 19.7 Å². The lowest BCUT2D eigenvalue weighted by Gasteiger charge is -2.43. The molecule has 1 N–H and O–H groups in total. The fourth-order valence-electron chi connectivity index (χ4n) is 4.25. The number of rotatable bonds is 5. The van der Waals surface area contributed by atoms with Crippen molar-refractivity contribution in [2.45, 2.75) is 43.7 Å². The third-order valence-electron chi connectivity index (χ3n) is 6.30. The zero-order chi connectivity index (χ0) is 21.0. The van der Waals surface area contributed by atoms with Crippen molar-refractivity contribution in [3.63, 3.8) is 0 Å². The summed E-state index contributed by atoms with van der Waals surface area (Å²) in [4.78, 5) is 41.0. The lowest BCUT2D eigenvalue weighted by molar-refractivity contribution is -0.137. The highest BCUT2D eigenvalue weighted by atomic mass is 16.5. The predicted molar refractivity (Wildman–Crippen MR) is 110 cm³/mol. The number of likely N-dealkylation sites (N-methyl/N-ethyl adjacent to an activating group) is 1. The van der Waals surface area contributed by atoms with Crippen LogP contribution in [0.25, 0.3) is 0 Å². The van der Waals surface area contributed by atoms with Crippen molar-refractivity contribution in [1.29, 1.82) is 0 Å². The van der Waals surface area contributed by atoms with Gasteiger partial charge in [-0.15, -0.1) is 0 Å². The summed E-state index contributed by atoms with van der Waals surface area (Å²) in [5.74, 6) is -0.367. The van der Waals surface area contributed by atoms with Crippen LogP contribution in [0.1, 0.15) is 42.5 Å². The minimum absolute atomic E-state index is 0.00703. The maximum absolute atomic E-state index is 12.8. The van der Waals surface area contributed by atoms with Crippen LogP contribution < -0.4 is 10.9 Å². The Bertz CT molecular complexity index is 798. The molecule has 3 rings (SSSR count). The first kappa shape index (κ1) is 21.5. The van der Waals surface area contributed by atoms with Gasteiger partial charge < -0.3 is 24.4 Å². The van der Waals surface area contributed by atoms with E-state index in [4.69, 9.17) is 4.74 Å². The molecule has 160 valence electrons. The summed E-state index contributed by atoms with van der Waals surface area (Å²) >= 11 is 0. The number of morpholine rings is 1. The second kappa shape index (κ2) is 9.09. The molecule has 2 amide bonds. The molecule has 2 heterocycles. The fraction of sp³-hybridized carbons (Fsp3) is 0.667. The average Bonchev–Trinajstić information content (AvgIpc) is 2.74. The van der Waals surface area contributed by atoms with Crippen LogP contribution >= 0.6 is 0 Å². The van der Waals surface area contributed by atoms with Crippen LogP contribution in [0, 0.1) is 0 Å². The van der Waals surface area contributed by atoms with Gasteiger partial charge in [0, 0.05) is 37.9 Å². The molecule has 1 aliphatic carbocycles. The molecule has 1 atom stereocenters. The number of amides is 2. The smallest absolute Gasteiger partial charge is 0.255 e. The number of hydrogen-bond donors (Lipinski definition) is 1. The molecule has 2 aliphatic rings. The van der Waals surface area contributed by atoms with E-state index in [0.717, 1.165) is 12.8 Å². The van der Waals surface area contributed by atoms with Gasteiger partial charge in [-0.05, 0) is 33.0 Å². The molecule has 8 nitrogen and oxygen atoms in total. The quantitative estimate of drug-likeness (QED) is 0.777. The van der Waals surface area contributed by atoms with Gasteiger partial charge in [0.05, 0.1) is 18.7 Å². The number of carbonyl (C=O) groups is 2. The van der Waals surface area contributed by atoms with Gasteiger partial charge in [-0.2, -0.15) is 0 Å². The minimum Gasteiger partial charge on any atom is -0.365 e. The van der Waals surface area contributed by atoms with Crippen LogP contribution in [0.2, 0.25) is 0 Å². The molecule has 1 saturated heterocycles. The molecule has 1 saturated carbocycles. The van der Waals surface area contributed by atoms with Crippen molar-refractivity contribution in [2.75, 3.05) is 40.3 Å². The molecule has 1 aromatic rings. The number of nitrogens with one attached hydrogen (secondary N) is 1. The van der Waals surface area contributed by atoms with Gasteiger partial charge >= 0.3 is 0 Å². The van der Waals surface area contributed by atoms with Crippen molar-refractivity contribution in [3.05, 3.63) is 34.2 Å². The van der Waals surface area contributed by atoms with Crippen molar-refractivity contribution >= 4 is 11.8 Å². The molecule has 8 heteroatoms. The second-order valence-corrected chi connectivity index (χ2v) is 8.37.